The molecule has 0 bridgehead atoms. The highest BCUT2D eigenvalue weighted by Gasteiger charge is 2.16. The largest absolute Gasteiger partial charge is 0.495 e. The van der Waals surface area contributed by atoms with Crippen LogP contribution in [-0.2, 0) is 4.79 Å². The van der Waals surface area contributed by atoms with Gasteiger partial charge in [0.2, 0.25) is 5.88 Å². The van der Waals surface area contributed by atoms with E-state index in [2.05, 4.69) is 39.6 Å². The van der Waals surface area contributed by atoms with Crippen LogP contribution in [0.2, 0.25) is 0 Å². The number of thiophene rings is 1. The summed E-state index contributed by atoms with van der Waals surface area (Å²) in [4.78, 5) is 21.8. The minimum atomic E-state index is -0.298. The number of carbonyl (C=O) groups excluding carboxylic acids is 1. The SMILES string of the molecule is COc1ccccc1NC(=O)COc1ncnc2scc(-c3ccc(C)cc3)c12. The lowest BCUT2D eigenvalue weighted by molar-refractivity contribution is -0.118. The summed E-state index contributed by atoms with van der Waals surface area (Å²) in [6.07, 6.45) is 1.45. The second-order valence-electron chi connectivity index (χ2n) is 6.41. The van der Waals surface area contributed by atoms with Crippen molar-refractivity contribution in [2.75, 3.05) is 19.0 Å². The molecule has 0 spiro atoms. The van der Waals surface area contributed by atoms with E-state index in [1.54, 1.807) is 19.2 Å². The van der Waals surface area contributed by atoms with Crippen LogP contribution < -0.4 is 14.8 Å². The van der Waals surface area contributed by atoms with Gasteiger partial charge < -0.3 is 14.8 Å². The first kappa shape index (κ1) is 18.9. The average Bonchev–Trinajstić information content (AvgIpc) is 3.18. The fraction of sp³-hybridized carbons (Fsp3) is 0.136. The molecule has 0 atom stereocenters. The van der Waals surface area contributed by atoms with E-state index in [9.17, 15) is 4.79 Å². The lowest BCUT2D eigenvalue weighted by Crippen LogP contribution is -2.20. The molecule has 4 rings (SSSR count). The number of hydrogen-bond donors (Lipinski definition) is 1. The Morgan fingerprint density at radius 3 is 2.69 bits per heavy atom. The van der Waals surface area contributed by atoms with Crippen molar-refractivity contribution in [3.05, 3.63) is 65.8 Å². The lowest BCUT2D eigenvalue weighted by Gasteiger charge is -2.11. The van der Waals surface area contributed by atoms with Crippen molar-refractivity contribution in [2.24, 2.45) is 0 Å². The van der Waals surface area contributed by atoms with Gasteiger partial charge in [-0.15, -0.1) is 11.3 Å². The van der Waals surface area contributed by atoms with Gasteiger partial charge in [0.25, 0.3) is 5.91 Å². The number of nitrogens with zero attached hydrogens (tertiary/aromatic N) is 2. The number of fused-ring (bicyclic) bond motifs is 1. The topological polar surface area (TPSA) is 73.3 Å². The third-order valence-corrected chi connectivity index (χ3v) is 5.31. The van der Waals surface area contributed by atoms with Crippen LogP contribution in [0, 0.1) is 6.92 Å². The standard InChI is InChI=1S/C22H19N3O3S/c1-14-7-9-15(10-8-14)16-12-29-22-20(16)21(23-13-24-22)28-11-19(26)25-17-5-3-4-6-18(17)27-2/h3-10,12-13H,11H2,1-2H3,(H,25,26). The van der Waals surface area contributed by atoms with Crippen molar-refractivity contribution >= 4 is 33.1 Å². The molecule has 4 aromatic rings. The highest BCUT2D eigenvalue weighted by atomic mass is 32.1. The van der Waals surface area contributed by atoms with E-state index in [1.807, 2.05) is 24.4 Å². The predicted octanol–water partition coefficient (Wildman–Crippen LogP) is 4.69. The van der Waals surface area contributed by atoms with Crippen molar-refractivity contribution in [3.8, 4) is 22.8 Å². The number of aromatic nitrogens is 2. The van der Waals surface area contributed by atoms with Gasteiger partial charge in [-0.1, -0.05) is 42.0 Å². The Balaban J connectivity index is 1.56. The van der Waals surface area contributed by atoms with Crippen LogP contribution in [0.15, 0.2) is 60.2 Å². The number of hydrogen-bond acceptors (Lipinski definition) is 6. The number of anilines is 1. The number of benzene rings is 2. The Morgan fingerprint density at radius 1 is 1.10 bits per heavy atom. The van der Waals surface area contributed by atoms with E-state index in [1.165, 1.54) is 23.2 Å². The number of rotatable bonds is 6. The maximum Gasteiger partial charge on any atom is 0.262 e. The van der Waals surface area contributed by atoms with Crippen LogP contribution in [0.1, 0.15) is 5.56 Å². The quantitative estimate of drug-likeness (QED) is 0.504. The first-order chi connectivity index (χ1) is 14.2. The molecule has 2 aromatic carbocycles. The summed E-state index contributed by atoms with van der Waals surface area (Å²) in [7, 11) is 1.56. The van der Waals surface area contributed by atoms with Gasteiger partial charge in [0.1, 0.15) is 16.9 Å². The van der Waals surface area contributed by atoms with Crippen molar-refractivity contribution in [1.29, 1.82) is 0 Å². The Bertz CT molecular complexity index is 1160. The summed E-state index contributed by atoms with van der Waals surface area (Å²) in [5, 5.41) is 5.64. The van der Waals surface area contributed by atoms with Crippen LogP contribution >= 0.6 is 11.3 Å². The van der Waals surface area contributed by atoms with Crippen LogP contribution in [0.25, 0.3) is 21.3 Å². The molecule has 6 nitrogen and oxygen atoms in total. The fourth-order valence-corrected chi connectivity index (χ4v) is 3.88. The van der Waals surface area contributed by atoms with E-state index in [0.29, 0.717) is 17.3 Å². The van der Waals surface area contributed by atoms with Crippen molar-refractivity contribution in [2.45, 2.75) is 6.92 Å². The molecule has 2 heterocycles. The van der Waals surface area contributed by atoms with Gasteiger partial charge in [-0.3, -0.25) is 4.79 Å². The molecule has 0 radical (unpaired) electrons. The Kier molecular flexibility index (Phi) is 5.39. The van der Waals surface area contributed by atoms with Crippen LogP contribution in [0.3, 0.4) is 0 Å². The molecule has 29 heavy (non-hydrogen) atoms. The fourth-order valence-electron chi connectivity index (χ4n) is 2.97. The molecule has 0 aliphatic carbocycles. The maximum absolute atomic E-state index is 12.4. The smallest absolute Gasteiger partial charge is 0.262 e. The molecular weight excluding hydrogens is 386 g/mol. The Labute approximate surface area is 172 Å². The van der Waals surface area contributed by atoms with E-state index in [-0.39, 0.29) is 12.5 Å². The zero-order chi connectivity index (χ0) is 20.2. The van der Waals surface area contributed by atoms with Crippen LogP contribution in [0.5, 0.6) is 11.6 Å². The summed E-state index contributed by atoms with van der Waals surface area (Å²) >= 11 is 1.52. The van der Waals surface area contributed by atoms with Gasteiger partial charge in [-0.2, -0.15) is 0 Å². The van der Waals surface area contributed by atoms with E-state index in [4.69, 9.17) is 9.47 Å². The van der Waals surface area contributed by atoms with Crippen LogP contribution in [-0.4, -0.2) is 29.6 Å². The molecule has 0 saturated carbocycles. The van der Waals surface area contributed by atoms with E-state index >= 15 is 0 Å². The lowest BCUT2D eigenvalue weighted by atomic mass is 10.0. The third-order valence-electron chi connectivity index (χ3n) is 4.42. The summed E-state index contributed by atoms with van der Waals surface area (Å²) in [6.45, 7) is 1.88. The Hall–Kier alpha value is -3.45. The van der Waals surface area contributed by atoms with Crippen molar-refractivity contribution in [1.82, 2.24) is 9.97 Å². The van der Waals surface area contributed by atoms with Gasteiger partial charge in [0.05, 0.1) is 18.2 Å². The zero-order valence-electron chi connectivity index (χ0n) is 16.0. The minimum Gasteiger partial charge on any atom is -0.495 e. The number of aryl methyl sites for hydroxylation is 1. The normalized spacial score (nSPS) is 10.7. The molecule has 0 saturated heterocycles. The molecule has 0 aliphatic heterocycles. The molecule has 2 aromatic heterocycles. The summed E-state index contributed by atoms with van der Waals surface area (Å²) in [5.41, 5.74) is 3.83. The third kappa shape index (κ3) is 4.05. The van der Waals surface area contributed by atoms with Gasteiger partial charge in [0, 0.05) is 10.9 Å². The van der Waals surface area contributed by atoms with Gasteiger partial charge in [-0.25, -0.2) is 9.97 Å². The summed E-state index contributed by atoms with van der Waals surface area (Å²) in [5.74, 6) is 0.681. The summed E-state index contributed by atoms with van der Waals surface area (Å²) in [6, 6.07) is 15.5. The van der Waals surface area contributed by atoms with Crippen LogP contribution in [0.4, 0.5) is 5.69 Å². The molecule has 1 N–H and O–H groups in total. The molecule has 1 amide bonds. The number of carbonyl (C=O) groups is 1. The van der Waals surface area contributed by atoms with E-state index in [0.717, 1.165) is 21.3 Å². The number of para-hydroxylation sites is 2. The maximum atomic E-state index is 12.4. The first-order valence-corrected chi connectivity index (χ1v) is 9.88. The summed E-state index contributed by atoms with van der Waals surface area (Å²) < 4.78 is 11.0. The minimum absolute atomic E-state index is 0.173. The molecule has 7 heteroatoms. The molecule has 0 fully saturated rings. The number of methoxy groups -OCH3 is 1. The van der Waals surface area contributed by atoms with E-state index < -0.39 is 0 Å². The monoisotopic (exact) mass is 405 g/mol. The van der Waals surface area contributed by atoms with Gasteiger partial charge in [0.15, 0.2) is 6.61 Å². The molecule has 0 unspecified atom stereocenters. The predicted molar refractivity (Wildman–Crippen MR) is 115 cm³/mol. The number of nitrogens with one attached hydrogen (secondary N) is 1. The van der Waals surface area contributed by atoms with Crippen molar-refractivity contribution in [3.63, 3.8) is 0 Å². The molecule has 146 valence electrons. The highest BCUT2D eigenvalue weighted by Crippen LogP contribution is 2.37. The second kappa shape index (κ2) is 8.28. The first-order valence-electron chi connectivity index (χ1n) is 9.00. The molecule has 0 aliphatic rings. The highest BCUT2D eigenvalue weighted by molar-refractivity contribution is 7.17. The van der Waals surface area contributed by atoms with Gasteiger partial charge >= 0.3 is 0 Å². The molecular formula is C22H19N3O3S. The second-order valence-corrected chi connectivity index (χ2v) is 7.27. The zero-order valence-corrected chi connectivity index (χ0v) is 16.8. The van der Waals surface area contributed by atoms with Gasteiger partial charge in [-0.05, 0) is 24.6 Å². The average molecular weight is 405 g/mol. The Morgan fingerprint density at radius 2 is 1.90 bits per heavy atom. The number of ether oxygens (including phenoxy) is 2. The number of amides is 1. The van der Waals surface area contributed by atoms with Crippen molar-refractivity contribution < 1.29 is 14.3 Å².